The van der Waals surface area contributed by atoms with Crippen LogP contribution in [0, 0.1) is 13.8 Å². The van der Waals surface area contributed by atoms with E-state index in [1.807, 2.05) is 38.1 Å². The Morgan fingerprint density at radius 1 is 0.836 bits per heavy atom. The van der Waals surface area contributed by atoms with Gasteiger partial charge in [0.25, 0.3) is 0 Å². The number of aromatic nitrogens is 3. The molecule has 3 atom stereocenters. The van der Waals surface area contributed by atoms with E-state index in [2.05, 4.69) is 48.3 Å². The average molecular weight is 814 g/mol. The highest BCUT2D eigenvalue weighted by Gasteiger charge is 2.29. The molecule has 13 nitrogen and oxygen atoms in total. The van der Waals surface area contributed by atoms with E-state index in [0.29, 0.717) is 48.4 Å². The molecule has 3 aliphatic heterocycles. The van der Waals surface area contributed by atoms with Crippen LogP contribution in [0.25, 0.3) is 0 Å². The van der Waals surface area contributed by atoms with E-state index in [-0.39, 0.29) is 12.1 Å². The van der Waals surface area contributed by atoms with Crippen LogP contribution in [0.15, 0.2) is 54.6 Å². The number of benzene rings is 2. The molecule has 4 aromatic rings. The predicted molar refractivity (Wildman–Crippen MR) is 219 cm³/mol. The molecule has 55 heavy (non-hydrogen) atoms. The third-order valence-corrected chi connectivity index (χ3v) is 10.9. The van der Waals surface area contributed by atoms with Gasteiger partial charge >= 0.3 is 0 Å². The van der Waals surface area contributed by atoms with Crippen molar-refractivity contribution in [3.8, 4) is 5.75 Å². The Kier molecular flexibility index (Phi) is 13.6. The number of sulfone groups is 1. The van der Waals surface area contributed by atoms with Gasteiger partial charge < -0.3 is 40.8 Å². The van der Waals surface area contributed by atoms with Crippen LogP contribution in [0.2, 0.25) is 10.0 Å². The Balaban J connectivity index is 0.000000187. The highest BCUT2D eigenvalue weighted by Crippen LogP contribution is 2.37. The molecule has 7 rings (SSSR count). The van der Waals surface area contributed by atoms with Crippen LogP contribution in [0.5, 0.6) is 5.75 Å². The second-order valence-corrected chi connectivity index (χ2v) is 17.1. The molecule has 0 amide bonds. The summed E-state index contributed by atoms with van der Waals surface area (Å²) in [5, 5.41) is 4.80. The van der Waals surface area contributed by atoms with Gasteiger partial charge in [-0.2, -0.15) is 4.98 Å². The fourth-order valence-electron chi connectivity index (χ4n) is 7.26. The summed E-state index contributed by atoms with van der Waals surface area (Å²) in [5.74, 6) is 1.60. The number of anilines is 4. The lowest BCUT2D eigenvalue weighted by Gasteiger charge is -2.32. The molecule has 3 saturated heterocycles. The van der Waals surface area contributed by atoms with Crippen LogP contribution >= 0.6 is 23.2 Å². The number of pyridine rings is 1. The Hall–Kier alpha value is -3.92. The highest BCUT2D eigenvalue weighted by molar-refractivity contribution is 7.90. The summed E-state index contributed by atoms with van der Waals surface area (Å²) in [4.78, 5) is 17.4. The molecule has 296 valence electrons. The summed E-state index contributed by atoms with van der Waals surface area (Å²) in [7, 11) is -3.23. The number of nitrogen functional groups attached to an aromatic ring is 2. The Bertz CT molecular complexity index is 2010. The van der Waals surface area contributed by atoms with Crippen LogP contribution < -0.4 is 31.3 Å². The van der Waals surface area contributed by atoms with Crippen LogP contribution in [-0.2, 0) is 19.3 Å². The predicted octanol–water partition coefficient (Wildman–Crippen LogP) is 6.39. The van der Waals surface area contributed by atoms with Gasteiger partial charge in [0.15, 0.2) is 15.8 Å². The van der Waals surface area contributed by atoms with E-state index in [1.165, 1.54) is 12.0 Å². The van der Waals surface area contributed by atoms with Crippen LogP contribution in [-0.4, -0.2) is 81.6 Å². The third kappa shape index (κ3) is 10.9. The number of halogens is 2. The minimum atomic E-state index is -3.23. The number of nitrogens with zero attached hydrogens (tertiary/aromatic N) is 5. The topological polar surface area (TPSA) is 171 Å². The summed E-state index contributed by atoms with van der Waals surface area (Å²) < 4.78 is 39.6. The molecule has 0 radical (unpaired) electrons. The summed E-state index contributed by atoms with van der Waals surface area (Å²) in [6.07, 6.45) is 5.30. The molecule has 2 aromatic carbocycles. The van der Waals surface area contributed by atoms with Crippen molar-refractivity contribution in [3.63, 3.8) is 0 Å². The zero-order valence-corrected chi connectivity index (χ0v) is 33.8. The fraction of sp³-hybridized carbons (Fsp3) is 0.462. The molecule has 3 aliphatic rings. The molecule has 16 heteroatoms. The minimum absolute atomic E-state index is 0.000660. The number of hydrogen-bond donors (Lipinski definition) is 3. The number of nitrogens with two attached hydrogens (primary N) is 2. The van der Waals surface area contributed by atoms with E-state index in [1.54, 1.807) is 12.1 Å². The van der Waals surface area contributed by atoms with Crippen molar-refractivity contribution in [2.75, 3.05) is 79.5 Å². The second-order valence-electron chi connectivity index (χ2n) is 14.2. The maximum absolute atomic E-state index is 11.3. The number of nitrogens with one attached hydrogen (secondary N) is 1. The van der Waals surface area contributed by atoms with Gasteiger partial charge in [-0.3, -0.25) is 0 Å². The summed E-state index contributed by atoms with van der Waals surface area (Å²) >= 11 is 13.3. The Morgan fingerprint density at radius 2 is 1.49 bits per heavy atom. The lowest BCUT2D eigenvalue weighted by molar-refractivity contribution is 0.134. The second kappa shape index (κ2) is 18.4. The maximum Gasteiger partial charge on any atom is 0.222 e. The largest absolute Gasteiger partial charge is 0.478 e. The lowest BCUT2D eigenvalue weighted by Crippen LogP contribution is -2.32. The maximum atomic E-state index is 11.3. The van der Waals surface area contributed by atoms with Crippen molar-refractivity contribution >= 4 is 56.3 Å². The van der Waals surface area contributed by atoms with E-state index in [0.717, 1.165) is 90.8 Å². The van der Waals surface area contributed by atoms with Gasteiger partial charge in [-0.05, 0) is 87.0 Å². The van der Waals surface area contributed by atoms with E-state index in [4.69, 9.17) is 48.9 Å². The van der Waals surface area contributed by atoms with Crippen molar-refractivity contribution in [2.24, 2.45) is 0 Å². The first-order valence-corrected chi connectivity index (χ1v) is 21.3. The smallest absolute Gasteiger partial charge is 0.222 e. The molecule has 3 fully saturated rings. The van der Waals surface area contributed by atoms with Crippen molar-refractivity contribution in [2.45, 2.75) is 57.7 Å². The first kappa shape index (κ1) is 40.7. The van der Waals surface area contributed by atoms with Gasteiger partial charge in [-0.1, -0.05) is 41.4 Å². The van der Waals surface area contributed by atoms with Gasteiger partial charge in [-0.15, -0.1) is 0 Å². The molecule has 0 bridgehead atoms. The number of hydrogen-bond acceptors (Lipinski definition) is 13. The highest BCUT2D eigenvalue weighted by atomic mass is 35.5. The Labute approximate surface area is 333 Å². The quantitative estimate of drug-likeness (QED) is 0.179. The molecular formula is C39H50Cl2N8O5S. The SMILES string of the molecule is Cc1cc(N2CCCOC[C@@H]2c2ccc(OCS(C)(=O)=O)cc2Cl)cc(N)n1.Cc1cc(N2CCCOC[C@@H]2c2ccc([C@H]3CCCN3)cc2Cl)nc(N)n1. The van der Waals surface area contributed by atoms with Gasteiger partial charge in [0, 0.05) is 77.9 Å². The molecule has 5 N–H and O–H groups in total. The molecular weight excluding hydrogens is 763 g/mol. The zero-order valence-electron chi connectivity index (χ0n) is 31.5. The number of ether oxygens (including phenoxy) is 3. The van der Waals surface area contributed by atoms with Crippen molar-refractivity contribution in [3.05, 3.63) is 92.7 Å². The first-order valence-electron chi connectivity index (χ1n) is 18.5. The zero-order chi connectivity index (χ0) is 39.1. The van der Waals surface area contributed by atoms with Crippen LogP contribution in [0.3, 0.4) is 0 Å². The van der Waals surface area contributed by atoms with Gasteiger partial charge in [0.2, 0.25) is 5.95 Å². The monoisotopic (exact) mass is 812 g/mol. The van der Waals surface area contributed by atoms with E-state index in [9.17, 15) is 8.42 Å². The standard InChI is InChI=1S/C20H26ClN5O.C19H24ClN3O4S/c1-13-10-19(25-20(22)24-13)26-8-3-9-27-12-18(26)15-6-5-14(11-16(15)21)17-4-2-7-23-17;1-13-8-14(9-19(21)22-13)23-6-3-7-26-11-18(23)16-5-4-15(10-17(16)20)27-12-28(2,24)25/h5-6,10-11,17-18,23H,2-4,7-9,12H2,1H3,(H2,22,24,25);4-5,8-10,18H,3,6-7,11-12H2,1-2H3,(H2,21,22)/t17-,18-;18-/m11/s1. The van der Waals surface area contributed by atoms with Crippen LogP contribution in [0.1, 0.15) is 71.9 Å². The first-order chi connectivity index (χ1) is 26.3. The van der Waals surface area contributed by atoms with Crippen molar-refractivity contribution < 1.29 is 22.6 Å². The average Bonchev–Trinajstić information content (AvgIpc) is 3.40. The Morgan fingerprint density at radius 3 is 2.11 bits per heavy atom. The van der Waals surface area contributed by atoms with Crippen LogP contribution in [0.4, 0.5) is 23.3 Å². The normalized spacial score (nSPS) is 20.6. The minimum Gasteiger partial charge on any atom is -0.478 e. The number of rotatable bonds is 8. The fourth-order valence-corrected chi connectivity index (χ4v) is 8.22. The van der Waals surface area contributed by atoms with E-state index < -0.39 is 15.8 Å². The molecule has 2 aromatic heterocycles. The summed E-state index contributed by atoms with van der Waals surface area (Å²) in [6.45, 7) is 8.98. The number of aryl methyl sites for hydroxylation is 2. The molecule has 0 saturated carbocycles. The van der Waals surface area contributed by atoms with Crippen molar-refractivity contribution in [1.29, 1.82) is 0 Å². The van der Waals surface area contributed by atoms with Gasteiger partial charge in [0.1, 0.15) is 17.4 Å². The lowest BCUT2D eigenvalue weighted by atomic mass is 9.99. The van der Waals surface area contributed by atoms with Crippen molar-refractivity contribution in [1.82, 2.24) is 20.3 Å². The van der Waals surface area contributed by atoms with E-state index >= 15 is 0 Å². The summed E-state index contributed by atoms with van der Waals surface area (Å²) in [5.41, 5.74) is 17.7. The third-order valence-electron chi connectivity index (χ3n) is 9.74. The molecule has 0 spiro atoms. The molecule has 5 heterocycles. The van der Waals surface area contributed by atoms with Gasteiger partial charge in [0.05, 0.1) is 25.3 Å². The molecule has 0 unspecified atom stereocenters. The molecule has 0 aliphatic carbocycles. The van der Waals surface area contributed by atoms with Gasteiger partial charge in [-0.25, -0.2) is 18.4 Å². The summed E-state index contributed by atoms with van der Waals surface area (Å²) in [6, 6.07) is 17.7.